The maximum absolute atomic E-state index is 11.4. The van der Waals surface area contributed by atoms with Gasteiger partial charge in [-0.3, -0.25) is 4.79 Å². The highest BCUT2D eigenvalue weighted by Gasteiger charge is 2.25. The summed E-state index contributed by atoms with van der Waals surface area (Å²) in [6, 6.07) is 0. The molecule has 1 heterocycles. The van der Waals surface area contributed by atoms with Crippen LogP contribution in [0.15, 0.2) is 0 Å². The molecule has 0 radical (unpaired) electrons. The Morgan fingerprint density at radius 2 is 2.07 bits per heavy atom. The molecule has 15 heavy (non-hydrogen) atoms. The third kappa shape index (κ3) is 4.82. The maximum Gasteiger partial charge on any atom is 0.309 e. The number of hydrogen-bond donors (Lipinski definition) is 1. The minimum atomic E-state index is -0.0279. The average Bonchev–Trinajstić information content (AvgIpc) is 2.20. The van der Waals surface area contributed by atoms with Crippen molar-refractivity contribution in [2.75, 3.05) is 32.8 Å². The molecular formula is C10H21ClN2O2. The molecule has 1 saturated heterocycles. The van der Waals surface area contributed by atoms with E-state index in [1.165, 1.54) is 0 Å². The van der Waals surface area contributed by atoms with Crippen molar-refractivity contribution in [1.29, 1.82) is 0 Å². The Morgan fingerprint density at radius 3 is 2.53 bits per heavy atom. The number of piperidine rings is 1. The maximum atomic E-state index is 11.4. The van der Waals surface area contributed by atoms with Gasteiger partial charge in [0.25, 0.3) is 0 Å². The number of ether oxygens (including phenoxy) is 1. The summed E-state index contributed by atoms with van der Waals surface area (Å²) in [5.41, 5.74) is 5.47. The number of nitrogens with two attached hydrogens (primary N) is 1. The van der Waals surface area contributed by atoms with Gasteiger partial charge < -0.3 is 15.4 Å². The molecule has 1 aliphatic rings. The van der Waals surface area contributed by atoms with Crippen molar-refractivity contribution in [2.24, 2.45) is 11.7 Å². The molecule has 1 rings (SSSR count). The van der Waals surface area contributed by atoms with Crippen molar-refractivity contribution in [3.63, 3.8) is 0 Å². The molecule has 0 aromatic carbocycles. The summed E-state index contributed by atoms with van der Waals surface area (Å²) in [6.45, 7) is 5.92. The van der Waals surface area contributed by atoms with Gasteiger partial charge in [0.1, 0.15) is 0 Å². The van der Waals surface area contributed by atoms with Gasteiger partial charge in [0.2, 0.25) is 0 Å². The van der Waals surface area contributed by atoms with Crippen LogP contribution in [0.25, 0.3) is 0 Å². The molecule has 1 fully saturated rings. The Labute approximate surface area is 97.5 Å². The second-order valence-corrected chi connectivity index (χ2v) is 3.66. The summed E-state index contributed by atoms with van der Waals surface area (Å²) >= 11 is 0. The molecule has 1 aliphatic heterocycles. The van der Waals surface area contributed by atoms with Crippen molar-refractivity contribution in [3.8, 4) is 0 Å². The van der Waals surface area contributed by atoms with Gasteiger partial charge in [-0.05, 0) is 32.9 Å². The van der Waals surface area contributed by atoms with E-state index in [1.807, 2.05) is 6.92 Å². The lowest BCUT2D eigenvalue weighted by atomic mass is 9.97. The molecule has 0 amide bonds. The van der Waals surface area contributed by atoms with Crippen LogP contribution in [0.4, 0.5) is 0 Å². The Kier molecular flexibility index (Phi) is 7.74. The molecule has 90 valence electrons. The Bertz CT molecular complexity index is 182. The SMILES string of the molecule is CCOC(=O)C1CCN(CCN)CC1.Cl. The first kappa shape index (κ1) is 14.7. The number of nitrogens with zero attached hydrogens (tertiary/aromatic N) is 1. The predicted octanol–water partition coefficient (Wildman–Crippen LogP) is 0.642. The molecule has 0 aromatic rings. The van der Waals surface area contributed by atoms with E-state index >= 15 is 0 Å². The molecule has 0 bridgehead atoms. The molecule has 0 atom stereocenters. The monoisotopic (exact) mass is 236 g/mol. The Morgan fingerprint density at radius 1 is 1.47 bits per heavy atom. The first-order valence-corrected chi connectivity index (χ1v) is 5.37. The van der Waals surface area contributed by atoms with Gasteiger partial charge in [0.05, 0.1) is 12.5 Å². The number of hydrogen-bond acceptors (Lipinski definition) is 4. The topological polar surface area (TPSA) is 55.6 Å². The van der Waals surface area contributed by atoms with Crippen LogP contribution in [0.2, 0.25) is 0 Å². The second kappa shape index (κ2) is 7.91. The van der Waals surface area contributed by atoms with Crippen LogP contribution in [0.5, 0.6) is 0 Å². The van der Waals surface area contributed by atoms with Crippen LogP contribution in [-0.2, 0) is 9.53 Å². The van der Waals surface area contributed by atoms with Gasteiger partial charge in [0, 0.05) is 13.1 Å². The van der Waals surface area contributed by atoms with Crippen molar-refractivity contribution in [1.82, 2.24) is 4.90 Å². The lowest BCUT2D eigenvalue weighted by Gasteiger charge is -2.30. The van der Waals surface area contributed by atoms with Gasteiger partial charge in [0.15, 0.2) is 0 Å². The normalized spacial score (nSPS) is 18.3. The second-order valence-electron chi connectivity index (χ2n) is 3.66. The minimum absolute atomic E-state index is 0. The fourth-order valence-electron chi connectivity index (χ4n) is 1.83. The van der Waals surface area contributed by atoms with E-state index in [-0.39, 0.29) is 24.3 Å². The summed E-state index contributed by atoms with van der Waals surface area (Å²) < 4.78 is 4.99. The van der Waals surface area contributed by atoms with E-state index in [9.17, 15) is 4.79 Å². The van der Waals surface area contributed by atoms with Crippen LogP contribution >= 0.6 is 12.4 Å². The molecule has 5 heteroatoms. The van der Waals surface area contributed by atoms with E-state index in [2.05, 4.69) is 4.90 Å². The lowest BCUT2D eigenvalue weighted by Crippen LogP contribution is -2.39. The minimum Gasteiger partial charge on any atom is -0.466 e. The first-order chi connectivity index (χ1) is 6.77. The van der Waals surface area contributed by atoms with Crippen LogP contribution in [0, 0.1) is 5.92 Å². The summed E-state index contributed by atoms with van der Waals surface area (Å²) in [6.07, 6.45) is 1.83. The molecule has 4 nitrogen and oxygen atoms in total. The van der Waals surface area contributed by atoms with Gasteiger partial charge in [-0.1, -0.05) is 0 Å². The first-order valence-electron chi connectivity index (χ1n) is 5.37. The molecule has 0 aliphatic carbocycles. The van der Waals surface area contributed by atoms with Gasteiger partial charge >= 0.3 is 5.97 Å². The Hall–Kier alpha value is -0.320. The highest BCUT2D eigenvalue weighted by Crippen LogP contribution is 2.17. The smallest absolute Gasteiger partial charge is 0.309 e. The number of halogens is 1. The molecule has 0 spiro atoms. The summed E-state index contributed by atoms with van der Waals surface area (Å²) in [4.78, 5) is 13.7. The van der Waals surface area contributed by atoms with E-state index in [0.717, 1.165) is 32.5 Å². The van der Waals surface area contributed by atoms with Gasteiger partial charge in [-0.2, -0.15) is 0 Å². The van der Waals surface area contributed by atoms with Crippen molar-refractivity contribution in [3.05, 3.63) is 0 Å². The third-order valence-electron chi connectivity index (χ3n) is 2.65. The molecule has 2 N–H and O–H groups in total. The quantitative estimate of drug-likeness (QED) is 0.728. The van der Waals surface area contributed by atoms with E-state index in [4.69, 9.17) is 10.5 Å². The van der Waals surface area contributed by atoms with Crippen LogP contribution in [-0.4, -0.2) is 43.7 Å². The number of carbonyl (C=O) groups is 1. The largest absolute Gasteiger partial charge is 0.466 e. The van der Waals surface area contributed by atoms with Crippen molar-refractivity contribution in [2.45, 2.75) is 19.8 Å². The highest BCUT2D eigenvalue weighted by atomic mass is 35.5. The zero-order chi connectivity index (χ0) is 10.4. The van der Waals surface area contributed by atoms with E-state index in [0.29, 0.717) is 13.2 Å². The van der Waals surface area contributed by atoms with E-state index in [1.54, 1.807) is 0 Å². The fourth-order valence-corrected chi connectivity index (χ4v) is 1.83. The summed E-state index contributed by atoms with van der Waals surface area (Å²) in [7, 11) is 0. The highest BCUT2D eigenvalue weighted by molar-refractivity contribution is 5.85. The Balaban J connectivity index is 0.00000196. The van der Waals surface area contributed by atoms with Crippen LogP contribution in [0.3, 0.4) is 0 Å². The van der Waals surface area contributed by atoms with E-state index < -0.39 is 0 Å². The van der Waals surface area contributed by atoms with Crippen LogP contribution < -0.4 is 5.73 Å². The zero-order valence-corrected chi connectivity index (χ0v) is 10.1. The fraction of sp³-hybridized carbons (Fsp3) is 0.900. The number of carbonyl (C=O) groups excluding carboxylic acids is 1. The van der Waals surface area contributed by atoms with Crippen molar-refractivity contribution < 1.29 is 9.53 Å². The average molecular weight is 237 g/mol. The van der Waals surface area contributed by atoms with Gasteiger partial charge in [-0.15, -0.1) is 12.4 Å². The lowest BCUT2D eigenvalue weighted by molar-refractivity contribution is -0.149. The molecule has 0 aromatic heterocycles. The molecule has 0 unspecified atom stereocenters. The standard InChI is InChI=1S/C10H20N2O2.ClH/c1-2-14-10(13)9-3-6-12(7-4-9)8-5-11;/h9H,2-8,11H2,1H3;1H. The summed E-state index contributed by atoms with van der Waals surface area (Å²) in [5.74, 6) is 0.0869. The molecular weight excluding hydrogens is 216 g/mol. The van der Waals surface area contributed by atoms with Gasteiger partial charge in [-0.25, -0.2) is 0 Å². The zero-order valence-electron chi connectivity index (χ0n) is 9.28. The predicted molar refractivity (Wildman–Crippen MR) is 62.1 cm³/mol. The summed E-state index contributed by atoms with van der Waals surface area (Å²) in [5, 5.41) is 0. The number of rotatable bonds is 4. The molecule has 0 saturated carbocycles. The van der Waals surface area contributed by atoms with Crippen molar-refractivity contribution >= 4 is 18.4 Å². The van der Waals surface area contributed by atoms with Crippen LogP contribution in [0.1, 0.15) is 19.8 Å². The third-order valence-corrected chi connectivity index (χ3v) is 2.65. The number of likely N-dealkylation sites (tertiary alicyclic amines) is 1. The number of esters is 1.